The van der Waals surface area contributed by atoms with Gasteiger partial charge in [0, 0.05) is 48.1 Å². The highest BCUT2D eigenvalue weighted by atomic mass is 16.2. The third kappa shape index (κ3) is 7.42. The Labute approximate surface area is 245 Å². The molecule has 0 aliphatic carbocycles. The summed E-state index contributed by atoms with van der Waals surface area (Å²) in [5, 5.41) is 7.15. The number of amides is 1. The van der Waals surface area contributed by atoms with E-state index in [1.807, 2.05) is 62.4 Å². The van der Waals surface area contributed by atoms with Crippen molar-refractivity contribution in [2.75, 3.05) is 23.3 Å². The van der Waals surface area contributed by atoms with Crippen molar-refractivity contribution in [3.63, 3.8) is 0 Å². The van der Waals surface area contributed by atoms with Gasteiger partial charge in [0.05, 0.1) is 12.7 Å². The first-order valence-corrected chi connectivity index (χ1v) is 14.3. The summed E-state index contributed by atoms with van der Waals surface area (Å²) in [6, 6.07) is 24.3. The predicted molar refractivity (Wildman–Crippen MR) is 168 cm³/mol. The number of nitrogens with one attached hydrogen (secondary N) is 3. The number of hydrogen-bond donors (Lipinski definition) is 3. The maximum atomic E-state index is 14.0. The van der Waals surface area contributed by atoms with E-state index in [1.165, 1.54) is 15.7 Å². The number of nitrogens with zero attached hydrogens (tertiary/aromatic N) is 4. The fraction of sp³-hybridized carbons (Fsp3) is 0.273. The van der Waals surface area contributed by atoms with Gasteiger partial charge in [-0.05, 0) is 49.9 Å². The molecular weight excluding hydrogens is 526 g/mol. The van der Waals surface area contributed by atoms with E-state index < -0.39 is 0 Å². The van der Waals surface area contributed by atoms with Crippen molar-refractivity contribution in [1.82, 2.24) is 24.8 Å². The van der Waals surface area contributed by atoms with Crippen molar-refractivity contribution in [1.29, 1.82) is 0 Å². The molecule has 0 aliphatic rings. The van der Waals surface area contributed by atoms with E-state index in [1.54, 1.807) is 18.6 Å². The molecule has 0 radical (unpaired) electrons. The summed E-state index contributed by atoms with van der Waals surface area (Å²) in [6.07, 6.45) is 6.69. The molecule has 5 rings (SSSR count). The van der Waals surface area contributed by atoms with Gasteiger partial charge >= 0.3 is 0 Å². The van der Waals surface area contributed by atoms with Gasteiger partial charge in [-0.1, -0.05) is 60.7 Å². The van der Waals surface area contributed by atoms with Crippen LogP contribution in [0, 0.1) is 0 Å². The van der Waals surface area contributed by atoms with E-state index in [-0.39, 0.29) is 24.1 Å². The van der Waals surface area contributed by atoms with Crippen molar-refractivity contribution in [2.24, 2.45) is 0 Å². The van der Waals surface area contributed by atoms with Gasteiger partial charge in [0.25, 0.3) is 5.56 Å². The molecule has 3 aromatic heterocycles. The highest BCUT2D eigenvalue weighted by Gasteiger charge is 2.19. The molecule has 0 spiro atoms. The molecule has 3 N–H and O–H groups in total. The minimum atomic E-state index is -0.278. The Morgan fingerprint density at radius 2 is 1.62 bits per heavy atom. The van der Waals surface area contributed by atoms with Crippen LogP contribution in [0.25, 0.3) is 10.9 Å². The van der Waals surface area contributed by atoms with Gasteiger partial charge in [0.2, 0.25) is 11.9 Å². The van der Waals surface area contributed by atoms with Crippen LogP contribution in [0.15, 0.2) is 96.2 Å². The van der Waals surface area contributed by atoms with Gasteiger partial charge in [0.1, 0.15) is 12.2 Å². The van der Waals surface area contributed by atoms with Gasteiger partial charge in [-0.25, -0.2) is 4.98 Å². The lowest BCUT2D eigenvalue weighted by Gasteiger charge is -2.26. The number of aromatic amines is 1. The Morgan fingerprint density at radius 1 is 0.952 bits per heavy atom. The third-order valence-electron chi connectivity index (χ3n) is 7.07. The average molecular weight is 564 g/mol. The first kappa shape index (κ1) is 28.6. The Hall–Kier alpha value is -4.92. The minimum Gasteiger partial charge on any atom is -0.365 e. The van der Waals surface area contributed by atoms with E-state index in [4.69, 9.17) is 0 Å². The van der Waals surface area contributed by atoms with Gasteiger partial charge in [0.15, 0.2) is 0 Å². The maximum Gasteiger partial charge on any atom is 0.278 e. The summed E-state index contributed by atoms with van der Waals surface area (Å²) < 4.78 is 1.44. The first-order valence-electron chi connectivity index (χ1n) is 14.3. The monoisotopic (exact) mass is 563 g/mol. The lowest BCUT2D eigenvalue weighted by atomic mass is 10.1. The predicted octanol–water partition coefficient (Wildman–Crippen LogP) is 4.55. The summed E-state index contributed by atoms with van der Waals surface area (Å²) in [5.41, 5.74) is 4.44. The summed E-state index contributed by atoms with van der Waals surface area (Å²) in [5.74, 6) is 0.0939. The number of fused-ring (bicyclic) bond motifs is 1. The molecule has 42 heavy (non-hydrogen) atoms. The molecule has 0 aliphatic heterocycles. The van der Waals surface area contributed by atoms with Crippen molar-refractivity contribution < 1.29 is 4.79 Å². The topological polar surface area (TPSA) is 108 Å². The molecule has 216 valence electrons. The number of anilines is 2. The van der Waals surface area contributed by atoms with Crippen LogP contribution in [-0.2, 0) is 30.7 Å². The molecule has 1 amide bonds. The summed E-state index contributed by atoms with van der Waals surface area (Å²) >= 11 is 0. The van der Waals surface area contributed by atoms with Gasteiger partial charge in [-0.2, -0.15) is 0 Å². The lowest BCUT2D eigenvalue weighted by Crippen LogP contribution is -2.39. The zero-order valence-electron chi connectivity index (χ0n) is 24.1. The van der Waals surface area contributed by atoms with Crippen LogP contribution in [-0.4, -0.2) is 44.6 Å². The number of hydrogen-bond acceptors (Lipinski definition) is 6. The quantitative estimate of drug-likeness (QED) is 0.194. The van der Waals surface area contributed by atoms with Crippen LogP contribution in [0.2, 0.25) is 0 Å². The lowest BCUT2D eigenvalue weighted by molar-refractivity contribution is -0.121. The van der Waals surface area contributed by atoms with Gasteiger partial charge < -0.3 is 20.5 Å². The molecule has 0 fully saturated rings. The van der Waals surface area contributed by atoms with E-state index in [0.717, 1.165) is 29.4 Å². The van der Waals surface area contributed by atoms with Crippen LogP contribution in [0.4, 0.5) is 11.6 Å². The number of pyridine rings is 1. The molecule has 0 saturated heterocycles. The number of rotatable bonds is 13. The van der Waals surface area contributed by atoms with Crippen LogP contribution < -0.4 is 21.1 Å². The zero-order valence-corrected chi connectivity index (χ0v) is 24.1. The van der Waals surface area contributed by atoms with Crippen LogP contribution in [0.5, 0.6) is 0 Å². The van der Waals surface area contributed by atoms with Crippen LogP contribution in [0.1, 0.15) is 30.7 Å². The molecule has 9 nitrogen and oxygen atoms in total. The number of carbonyl (C=O) groups excluding carboxylic acids is 1. The molecule has 9 heteroatoms. The molecular formula is C33H37N7O2. The zero-order chi connectivity index (χ0) is 29.3. The van der Waals surface area contributed by atoms with E-state index in [0.29, 0.717) is 31.3 Å². The molecule has 0 unspecified atom stereocenters. The van der Waals surface area contributed by atoms with Gasteiger partial charge in [-0.3, -0.25) is 19.1 Å². The normalized spacial score (nSPS) is 11.1. The highest BCUT2D eigenvalue weighted by molar-refractivity contribution is 5.80. The molecule has 0 atom stereocenters. The number of H-pyrrole nitrogens is 1. The largest absolute Gasteiger partial charge is 0.365 e. The van der Waals surface area contributed by atoms with Crippen molar-refractivity contribution in [3.8, 4) is 0 Å². The second-order valence-corrected chi connectivity index (χ2v) is 10.6. The molecule has 0 bridgehead atoms. The van der Waals surface area contributed by atoms with Crippen molar-refractivity contribution in [2.45, 2.75) is 45.8 Å². The SMILES string of the molecule is CC(C)Nc1ncc(N(CCc2ccccc2)CCc2ccccc2)c(=O)n1CC(=O)NCc1cc2cnccc2[nH]1. The molecule has 2 aromatic carbocycles. The fourth-order valence-corrected chi connectivity index (χ4v) is 4.91. The first-order chi connectivity index (χ1) is 20.5. The Kier molecular flexibility index (Phi) is 9.28. The Bertz CT molecular complexity index is 1590. The maximum absolute atomic E-state index is 14.0. The van der Waals surface area contributed by atoms with E-state index >= 15 is 0 Å². The van der Waals surface area contributed by atoms with Crippen molar-refractivity contribution >= 4 is 28.4 Å². The molecule has 0 saturated carbocycles. The number of benzene rings is 2. The Balaban J connectivity index is 1.38. The third-order valence-corrected chi connectivity index (χ3v) is 7.07. The fourth-order valence-electron chi connectivity index (χ4n) is 4.91. The second kappa shape index (κ2) is 13.6. The summed E-state index contributed by atoms with van der Waals surface area (Å²) in [4.78, 5) is 41.3. The highest BCUT2D eigenvalue weighted by Crippen LogP contribution is 2.15. The second-order valence-electron chi connectivity index (χ2n) is 10.6. The van der Waals surface area contributed by atoms with Crippen LogP contribution in [0.3, 0.4) is 0 Å². The Morgan fingerprint density at radius 3 is 2.24 bits per heavy atom. The van der Waals surface area contributed by atoms with Crippen molar-refractivity contribution in [3.05, 3.63) is 119 Å². The minimum absolute atomic E-state index is 0.0317. The number of carbonyl (C=O) groups is 1. The molecule has 3 heterocycles. The van der Waals surface area contributed by atoms with E-state index in [9.17, 15) is 9.59 Å². The summed E-state index contributed by atoms with van der Waals surface area (Å²) in [6.45, 7) is 5.39. The van der Waals surface area contributed by atoms with Gasteiger partial charge in [-0.15, -0.1) is 0 Å². The number of aromatic nitrogens is 4. The smallest absolute Gasteiger partial charge is 0.278 e. The van der Waals surface area contributed by atoms with E-state index in [2.05, 4.69) is 54.8 Å². The molecule has 5 aromatic rings. The average Bonchev–Trinajstić information content (AvgIpc) is 3.42. The standard InChI is InChI=1S/C33H37N7O2/c1-24(2)37-33-36-22-30(39(17-14-25-9-5-3-6-10-25)18-15-26-11-7-4-8-12-26)32(42)40(33)23-31(41)35-21-28-19-27-20-34-16-13-29(27)38-28/h3-13,16,19-20,22,24,38H,14-15,17-18,21,23H2,1-2H3,(H,35,41)(H,36,37). The summed E-state index contributed by atoms with van der Waals surface area (Å²) in [7, 11) is 0. The van der Waals surface area contributed by atoms with Crippen LogP contribution >= 0.6 is 0 Å².